The van der Waals surface area contributed by atoms with Gasteiger partial charge in [-0.15, -0.1) is 0 Å². The molecule has 1 aromatic rings. The normalized spacial score (nSPS) is 22.1. The Labute approximate surface area is 76.3 Å². The Morgan fingerprint density at radius 2 is 2.00 bits per heavy atom. The Kier molecular flexibility index (Phi) is 1.69. The fraction of sp³-hybridized carbons (Fsp3) is 0.455. The highest BCUT2D eigenvalue weighted by molar-refractivity contribution is 5.14. The van der Waals surface area contributed by atoms with Gasteiger partial charge in [-0.2, -0.15) is 0 Å². The summed E-state index contributed by atoms with van der Waals surface area (Å²) in [6, 6.07) is 8.22. The van der Waals surface area contributed by atoms with E-state index in [0.717, 1.165) is 0 Å². The highest BCUT2D eigenvalue weighted by Gasteiger charge is 1.89. The molecule has 0 aliphatic rings. The van der Waals surface area contributed by atoms with E-state index in [2.05, 4.69) is 0 Å². The molecule has 0 spiro atoms. The van der Waals surface area contributed by atoms with E-state index < -0.39 is 19.1 Å². The predicted molar refractivity (Wildman–Crippen MR) is 49.7 cm³/mol. The molecule has 0 fully saturated rings. The van der Waals surface area contributed by atoms with Gasteiger partial charge >= 0.3 is 0 Å². The molecule has 1 unspecified atom stereocenters. The van der Waals surface area contributed by atoms with Crippen molar-refractivity contribution in [3.05, 3.63) is 35.9 Å². The van der Waals surface area contributed by atoms with Crippen molar-refractivity contribution in [3.8, 4) is 0 Å². The Morgan fingerprint density at radius 1 is 1.27 bits per heavy atom. The molecule has 0 aromatic heterocycles. The minimum Gasteiger partial charge on any atom is -0.0654 e. The summed E-state index contributed by atoms with van der Waals surface area (Å²) >= 11 is 0. The van der Waals surface area contributed by atoms with Crippen molar-refractivity contribution in [3.63, 3.8) is 0 Å². The summed E-state index contributed by atoms with van der Waals surface area (Å²) in [4.78, 5) is 0. The molecule has 60 valence electrons. The van der Waals surface area contributed by atoms with E-state index >= 15 is 0 Å². The summed E-state index contributed by atoms with van der Waals surface area (Å²) in [5.74, 6) is 0. The second kappa shape index (κ2) is 4.95. The van der Waals surface area contributed by atoms with Gasteiger partial charge in [-0.05, 0) is 18.3 Å². The molecule has 0 heterocycles. The van der Waals surface area contributed by atoms with E-state index in [-0.39, 0.29) is 5.56 Å². The first-order valence-corrected chi connectivity index (χ1v) is 3.81. The second-order valence-corrected chi connectivity index (χ2v) is 2.25. The Hall–Kier alpha value is -0.780. The van der Waals surface area contributed by atoms with E-state index in [4.69, 9.17) is 6.85 Å². The molecule has 0 radical (unpaired) electrons. The van der Waals surface area contributed by atoms with Gasteiger partial charge in [0, 0.05) is 6.85 Å². The molecule has 1 atom stereocenters. The zero-order valence-electron chi connectivity index (χ0n) is 11.7. The van der Waals surface area contributed by atoms with Crippen molar-refractivity contribution in [2.24, 2.45) is 0 Å². The summed E-state index contributed by atoms with van der Waals surface area (Å²) in [5.41, 5.74) is 0.283. The van der Waals surface area contributed by atoms with Crippen molar-refractivity contribution in [2.75, 3.05) is 0 Å². The largest absolute Gasteiger partial charge is 0.0654 e. The zero-order valence-corrected chi connectivity index (χ0v) is 6.67. The van der Waals surface area contributed by atoms with Crippen LogP contribution in [0.5, 0.6) is 0 Å². The standard InChI is InChI=1S/C11H16/c1-2-3-5-8-11-9-6-4-7-10-11/h4,6-7,9-10H,2-3,5,8H2,1H3/i3D,5D2,8D2. The lowest BCUT2D eigenvalue weighted by Crippen LogP contribution is -1.83. The van der Waals surface area contributed by atoms with E-state index in [9.17, 15) is 0 Å². The SMILES string of the molecule is [2H]C(CC)C([2H])([2H])C([2H])([2H])c1ccccc1. The van der Waals surface area contributed by atoms with Crippen LogP contribution < -0.4 is 0 Å². The third-order valence-corrected chi connectivity index (χ3v) is 1.30. The van der Waals surface area contributed by atoms with E-state index in [1.807, 2.05) is 0 Å². The van der Waals surface area contributed by atoms with E-state index in [1.54, 1.807) is 37.3 Å². The van der Waals surface area contributed by atoms with Crippen molar-refractivity contribution >= 4 is 0 Å². The molecule has 0 nitrogen and oxygen atoms in total. The fourth-order valence-electron chi connectivity index (χ4n) is 0.758. The monoisotopic (exact) mass is 153 g/mol. The molecule has 0 amide bonds. The maximum atomic E-state index is 7.88. The van der Waals surface area contributed by atoms with Crippen LogP contribution >= 0.6 is 0 Å². The molecule has 0 saturated heterocycles. The number of benzene rings is 1. The molecule has 1 aromatic carbocycles. The van der Waals surface area contributed by atoms with Gasteiger partial charge in [-0.25, -0.2) is 0 Å². The fourth-order valence-corrected chi connectivity index (χ4v) is 0.758. The van der Waals surface area contributed by atoms with Crippen molar-refractivity contribution in [1.82, 2.24) is 0 Å². The van der Waals surface area contributed by atoms with Crippen molar-refractivity contribution in [1.29, 1.82) is 0 Å². The molecular weight excluding hydrogens is 132 g/mol. The van der Waals surface area contributed by atoms with Gasteiger partial charge in [0.2, 0.25) is 0 Å². The maximum Gasteiger partial charge on any atom is 0.0316 e. The van der Waals surface area contributed by atoms with Crippen LogP contribution in [0.2, 0.25) is 0 Å². The van der Waals surface area contributed by atoms with Gasteiger partial charge in [0.1, 0.15) is 0 Å². The lowest BCUT2D eigenvalue weighted by atomic mass is 10.1. The summed E-state index contributed by atoms with van der Waals surface area (Å²) in [7, 11) is 0. The smallest absolute Gasteiger partial charge is 0.0316 e. The first-order valence-electron chi connectivity index (χ1n) is 6.39. The molecule has 0 bridgehead atoms. The minimum absolute atomic E-state index is 0.283. The zero-order chi connectivity index (χ0) is 12.4. The van der Waals surface area contributed by atoms with Gasteiger partial charge in [-0.1, -0.05) is 50.1 Å². The van der Waals surface area contributed by atoms with Crippen LogP contribution in [-0.2, 0) is 6.37 Å². The van der Waals surface area contributed by atoms with Crippen LogP contribution in [0.15, 0.2) is 30.3 Å². The van der Waals surface area contributed by atoms with Crippen molar-refractivity contribution < 1.29 is 6.85 Å². The Balaban J connectivity index is 3.11. The maximum absolute atomic E-state index is 7.88. The van der Waals surface area contributed by atoms with Gasteiger partial charge in [0.05, 0.1) is 0 Å². The molecule has 11 heavy (non-hydrogen) atoms. The number of hydrogen-bond donors (Lipinski definition) is 0. The first kappa shape index (κ1) is 3.75. The van der Waals surface area contributed by atoms with E-state index in [0.29, 0.717) is 6.42 Å². The van der Waals surface area contributed by atoms with Gasteiger partial charge in [-0.3, -0.25) is 0 Å². The predicted octanol–water partition coefficient (Wildman–Crippen LogP) is 3.42. The second-order valence-electron chi connectivity index (χ2n) is 2.25. The summed E-state index contributed by atoms with van der Waals surface area (Å²) in [5, 5.41) is 0. The molecule has 0 N–H and O–H groups in total. The average Bonchev–Trinajstić information content (AvgIpc) is 2.28. The summed E-state index contributed by atoms with van der Waals surface area (Å²) in [6.07, 6.45) is -5.11. The molecular formula is C11H16. The van der Waals surface area contributed by atoms with Gasteiger partial charge in [0.25, 0.3) is 0 Å². The minimum atomic E-state index is -2.19. The Morgan fingerprint density at radius 3 is 2.64 bits per heavy atom. The topological polar surface area (TPSA) is 0 Å². The van der Waals surface area contributed by atoms with Crippen LogP contribution in [-0.4, -0.2) is 0 Å². The van der Waals surface area contributed by atoms with Crippen LogP contribution in [0.25, 0.3) is 0 Å². The highest BCUT2D eigenvalue weighted by atomic mass is 13.9. The molecule has 0 aliphatic heterocycles. The Bertz CT molecular complexity index is 333. The van der Waals surface area contributed by atoms with Gasteiger partial charge < -0.3 is 0 Å². The number of rotatable bonds is 4. The number of hydrogen-bond acceptors (Lipinski definition) is 0. The molecule has 1 rings (SSSR count). The number of aryl methyl sites for hydroxylation is 1. The van der Waals surface area contributed by atoms with Crippen LogP contribution in [0.1, 0.15) is 38.5 Å². The highest BCUT2D eigenvalue weighted by Crippen LogP contribution is 2.05. The van der Waals surface area contributed by atoms with Crippen LogP contribution in [0, 0.1) is 0 Å². The summed E-state index contributed by atoms with van der Waals surface area (Å²) in [6.45, 7) is 1.69. The quantitative estimate of drug-likeness (QED) is 0.621. The van der Waals surface area contributed by atoms with Gasteiger partial charge in [0.15, 0.2) is 0 Å². The van der Waals surface area contributed by atoms with Crippen LogP contribution in [0.3, 0.4) is 0 Å². The molecule has 0 aliphatic carbocycles. The lowest BCUT2D eigenvalue weighted by molar-refractivity contribution is 0.717. The third kappa shape index (κ3) is 3.22. The van der Waals surface area contributed by atoms with E-state index in [1.165, 1.54) is 0 Å². The molecule has 0 heteroatoms. The summed E-state index contributed by atoms with van der Waals surface area (Å²) < 4.78 is 38.9. The van der Waals surface area contributed by atoms with Crippen molar-refractivity contribution in [2.45, 2.75) is 32.5 Å². The third-order valence-electron chi connectivity index (χ3n) is 1.30. The first-order chi connectivity index (χ1) is 7.34. The molecule has 0 saturated carbocycles. The van der Waals surface area contributed by atoms with Crippen LogP contribution in [0.4, 0.5) is 0 Å². The average molecular weight is 153 g/mol. The lowest BCUT2D eigenvalue weighted by Gasteiger charge is -1.98.